The first-order chi connectivity index (χ1) is 13.1. The largest absolute Gasteiger partial charge is 0.459 e. The van der Waals surface area contributed by atoms with Crippen LogP contribution in [0.15, 0.2) is 51.4 Å². The molecule has 1 saturated heterocycles. The molecule has 1 aromatic carbocycles. The van der Waals surface area contributed by atoms with Gasteiger partial charge in [0.05, 0.1) is 21.7 Å². The summed E-state index contributed by atoms with van der Waals surface area (Å²) in [5, 5.41) is -0.210. The Balaban J connectivity index is 1.33. The van der Waals surface area contributed by atoms with Crippen molar-refractivity contribution in [1.29, 1.82) is 0 Å². The maximum atomic E-state index is 12.8. The molecule has 3 heterocycles. The van der Waals surface area contributed by atoms with Crippen molar-refractivity contribution in [3.05, 3.63) is 48.4 Å². The molecule has 0 bridgehead atoms. The third-order valence-corrected chi connectivity index (χ3v) is 6.73. The van der Waals surface area contributed by atoms with E-state index < -0.39 is 0 Å². The summed E-state index contributed by atoms with van der Waals surface area (Å²) < 4.78 is 7.21. The van der Waals surface area contributed by atoms with Gasteiger partial charge in [0.25, 0.3) is 5.91 Å². The summed E-state index contributed by atoms with van der Waals surface area (Å²) in [7, 11) is 0. The molecule has 0 unspecified atom stereocenters. The number of fused-ring (bicyclic) bond motifs is 1. The molecule has 6 nitrogen and oxygen atoms in total. The summed E-state index contributed by atoms with van der Waals surface area (Å²) in [6, 6.07) is 11.3. The molecule has 1 aliphatic rings. The van der Waals surface area contributed by atoms with Crippen LogP contribution in [0.3, 0.4) is 0 Å². The van der Waals surface area contributed by atoms with Gasteiger partial charge in [-0.2, -0.15) is 0 Å². The number of aromatic nitrogens is 1. The molecule has 1 fully saturated rings. The molecule has 8 heteroatoms. The van der Waals surface area contributed by atoms with E-state index in [0.29, 0.717) is 31.9 Å². The van der Waals surface area contributed by atoms with Crippen LogP contribution in [0.4, 0.5) is 0 Å². The number of hydrogen-bond acceptors (Lipinski definition) is 6. The number of carbonyl (C=O) groups is 2. The average molecular weight is 402 g/mol. The maximum absolute atomic E-state index is 12.8. The van der Waals surface area contributed by atoms with Gasteiger partial charge in [-0.25, -0.2) is 4.98 Å². The first-order valence-electron chi connectivity index (χ1n) is 8.75. The highest BCUT2D eigenvalue weighted by Gasteiger charge is 2.29. The molecule has 0 saturated carbocycles. The minimum atomic E-state index is -0.210. The summed E-state index contributed by atoms with van der Waals surface area (Å²) in [6.45, 7) is 4.03. The molecule has 0 N–H and O–H groups in total. The highest BCUT2D eigenvalue weighted by molar-refractivity contribution is 8.02. The van der Waals surface area contributed by atoms with Crippen LogP contribution in [0, 0.1) is 0 Å². The standard InChI is InChI=1S/C19H19N3O3S2/c1-13(26-19-20-14-5-2-3-7-16(14)27-19)17(23)21-8-10-22(11-9-21)18(24)15-6-4-12-25-15/h2-7,12-13H,8-11H2,1H3/t13-/m0/s1. The molecule has 0 aliphatic carbocycles. The van der Waals surface area contributed by atoms with E-state index in [0.717, 1.165) is 14.6 Å². The average Bonchev–Trinajstić information content (AvgIpc) is 3.36. The van der Waals surface area contributed by atoms with Crippen LogP contribution >= 0.6 is 23.1 Å². The van der Waals surface area contributed by atoms with Crippen molar-refractivity contribution >= 4 is 45.1 Å². The smallest absolute Gasteiger partial charge is 0.289 e. The summed E-state index contributed by atoms with van der Waals surface area (Å²) in [5.74, 6) is 0.308. The number of thiazole rings is 1. The molecular weight excluding hydrogens is 382 g/mol. The van der Waals surface area contributed by atoms with Gasteiger partial charge in [0.15, 0.2) is 10.1 Å². The number of rotatable bonds is 4. The number of nitrogens with zero attached hydrogens (tertiary/aromatic N) is 3. The Hall–Kier alpha value is -2.32. The molecule has 27 heavy (non-hydrogen) atoms. The topological polar surface area (TPSA) is 66.7 Å². The van der Waals surface area contributed by atoms with E-state index in [1.54, 1.807) is 28.4 Å². The van der Waals surface area contributed by atoms with Crippen LogP contribution in [0.1, 0.15) is 17.5 Å². The Kier molecular flexibility index (Phi) is 5.18. The maximum Gasteiger partial charge on any atom is 0.289 e. The minimum absolute atomic E-state index is 0.0874. The number of carbonyl (C=O) groups excluding carboxylic acids is 2. The molecule has 140 valence electrons. The van der Waals surface area contributed by atoms with Gasteiger partial charge < -0.3 is 14.2 Å². The van der Waals surface area contributed by atoms with E-state index in [-0.39, 0.29) is 17.1 Å². The zero-order chi connectivity index (χ0) is 18.8. The van der Waals surface area contributed by atoms with Gasteiger partial charge in [0.2, 0.25) is 5.91 Å². The second-order valence-electron chi connectivity index (χ2n) is 6.30. The summed E-state index contributed by atoms with van der Waals surface area (Å²) in [4.78, 5) is 33.2. The van der Waals surface area contributed by atoms with Crippen LogP contribution in [-0.2, 0) is 4.79 Å². The lowest BCUT2D eigenvalue weighted by Gasteiger charge is -2.35. The Bertz CT molecular complexity index is 913. The minimum Gasteiger partial charge on any atom is -0.459 e. The normalized spacial score (nSPS) is 15.9. The van der Waals surface area contributed by atoms with Gasteiger partial charge in [0, 0.05) is 26.2 Å². The summed E-state index contributed by atoms with van der Waals surface area (Å²) >= 11 is 3.11. The van der Waals surface area contributed by atoms with Gasteiger partial charge in [-0.15, -0.1) is 11.3 Å². The van der Waals surface area contributed by atoms with E-state index in [9.17, 15) is 9.59 Å². The molecular formula is C19H19N3O3S2. The van der Waals surface area contributed by atoms with Crippen LogP contribution in [0.2, 0.25) is 0 Å². The lowest BCUT2D eigenvalue weighted by Crippen LogP contribution is -2.52. The fourth-order valence-corrected chi connectivity index (χ4v) is 5.34. The number of para-hydroxylation sites is 1. The molecule has 4 rings (SSSR count). The van der Waals surface area contributed by atoms with Crippen LogP contribution in [0.5, 0.6) is 0 Å². The van der Waals surface area contributed by atoms with Crippen molar-refractivity contribution in [2.45, 2.75) is 16.5 Å². The van der Waals surface area contributed by atoms with Crippen LogP contribution < -0.4 is 0 Å². The number of thioether (sulfide) groups is 1. The summed E-state index contributed by atoms with van der Waals surface area (Å²) in [6.07, 6.45) is 1.49. The third kappa shape index (κ3) is 3.86. The Morgan fingerprint density at radius 2 is 1.85 bits per heavy atom. The van der Waals surface area contributed by atoms with Crippen LogP contribution in [-0.4, -0.2) is 58.0 Å². The van der Waals surface area contributed by atoms with Gasteiger partial charge in [-0.1, -0.05) is 23.9 Å². The lowest BCUT2D eigenvalue weighted by atomic mass is 10.2. The number of hydrogen-bond donors (Lipinski definition) is 0. The number of benzene rings is 1. The number of piperazine rings is 1. The Morgan fingerprint density at radius 1 is 1.11 bits per heavy atom. The van der Waals surface area contributed by atoms with E-state index >= 15 is 0 Å². The third-order valence-electron chi connectivity index (χ3n) is 4.51. The predicted molar refractivity (Wildman–Crippen MR) is 106 cm³/mol. The zero-order valence-corrected chi connectivity index (χ0v) is 16.5. The summed E-state index contributed by atoms with van der Waals surface area (Å²) in [5.41, 5.74) is 0.967. The van der Waals surface area contributed by atoms with Crippen molar-refractivity contribution in [2.75, 3.05) is 26.2 Å². The van der Waals surface area contributed by atoms with Gasteiger partial charge in [0.1, 0.15) is 0 Å². The lowest BCUT2D eigenvalue weighted by molar-refractivity contribution is -0.131. The number of amides is 2. The second kappa shape index (κ2) is 7.74. The SMILES string of the molecule is C[C@H](Sc1nc2ccccc2s1)C(=O)N1CCN(C(=O)c2ccco2)CC1. The molecule has 0 spiro atoms. The molecule has 3 aromatic rings. The van der Waals surface area contributed by atoms with Crippen molar-refractivity contribution < 1.29 is 14.0 Å². The highest BCUT2D eigenvalue weighted by Crippen LogP contribution is 2.32. The fourth-order valence-electron chi connectivity index (χ4n) is 3.05. The van der Waals surface area contributed by atoms with E-state index in [4.69, 9.17) is 4.42 Å². The zero-order valence-electron chi connectivity index (χ0n) is 14.8. The van der Waals surface area contributed by atoms with Crippen molar-refractivity contribution in [3.63, 3.8) is 0 Å². The Morgan fingerprint density at radius 3 is 2.56 bits per heavy atom. The first kappa shape index (κ1) is 18.1. The monoisotopic (exact) mass is 401 g/mol. The molecule has 1 atom stereocenters. The van der Waals surface area contributed by atoms with Gasteiger partial charge >= 0.3 is 0 Å². The molecule has 1 aliphatic heterocycles. The highest BCUT2D eigenvalue weighted by atomic mass is 32.2. The van der Waals surface area contributed by atoms with E-state index in [1.807, 2.05) is 36.1 Å². The molecule has 2 aromatic heterocycles. The van der Waals surface area contributed by atoms with Crippen molar-refractivity contribution in [1.82, 2.24) is 14.8 Å². The number of furan rings is 1. The molecule has 0 radical (unpaired) electrons. The van der Waals surface area contributed by atoms with Crippen LogP contribution in [0.25, 0.3) is 10.2 Å². The van der Waals surface area contributed by atoms with Crippen molar-refractivity contribution in [3.8, 4) is 0 Å². The van der Waals surface area contributed by atoms with E-state index in [1.165, 1.54) is 18.0 Å². The fraction of sp³-hybridized carbons (Fsp3) is 0.316. The van der Waals surface area contributed by atoms with Gasteiger partial charge in [-0.3, -0.25) is 9.59 Å². The van der Waals surface area contributed by atoms with Crippen molar-refractivity contribution in [2.24, 2.45) is 0 Å². The van der Waals surface area contributed by atoms with E-state index in [2.05, 4.69) is 4.98 Å². The predicted octanol–water partition coefficient (Wildman–Crippen LogP) is 3.35. The first-order valence-corrected chi connectivity index (χ1v) is 10.5. The second-order valence-corrected chi connectivity index (χ2v) is 8.92. The Labute approximate surface area is 165 Å². The van der Waals surface area contributed by atoms with Gasteiger partial charge in [-0.05, 0) is 31.2 Å². The quantitative estimate of drug-likeness (QED) is 0.627. The molecule has 2 amide bonds.